The smallest absolute Gasteiger partial charge is 0.0522 e. The Balaban J connectivity index is 1.84. The van der Waals surface area contributed by atoms with E-state index >= 15 is 0 Å². The highest BCUT2D eigenvalue weighted by atomic mass is 16.5. The SMILES string of the molecule is CCCCCCCOCC1(CCN)CC1. The van der Waals surface area contributed by atoms with Gasteiger partial charge in [0.25, 0.3) is 0 Å². The Kier molecular flexibility index (Phi) is 6.26. The van der Waals surface area contributed by atoms with E-state index in [9.17, 15) is 0 Å². The third-order valence-electron chi connectivity index (χ3n) is 3.43. The first-order chi connectivity index (χ1) is 7.33. The summed E-state index contributed by atoms with van der Waals surface area (Å²) >= 11 is 0. The summed E-state index contributed by atoms with van der Waals surface area (Å²) in [6.45, 7) is 4.98. The van der Waals surface area contributed by atoms with Crippen molar-refractivity contribution >= 4 is 0 Å². The molecule has 0 aromatic rings. The van der Waals surface area contributed by atoms with Crippen molar-refractivity contribution in [2.75, 3.05) is 19.8 Å². The summed E-state index contributed by atoms with van der Waals surface area (Å²) in [5, 5.41) is 0. The standard InChI is InChI=1S/C13H27NO/c1-2-3-4-5-6-11-15-12-13(7-8-13)9-10-14/h2-12,14H2,1H3. The topological polar surface area (TPSA) is 35.2 Å². The molecule has 1 fully saturated rings. The highest BCUT2D eigenvalue weighted by Crippen LogP contribution is 2.48. The number of hydrogen-bond donors (Lipinski definition) is 1. The van der Waals surface area contributed by atoms with E-state index in [1.807, 2.05) is 0 Å². The van der Waals surface area contributed by atoms with Gasteiger partial charge in [-0.05, 0) is 37.6 Å². The summed E-state index contributed by atoms with van der Waals surface area (Å²) in [4.78, 5) is 0. The fourth-order valence-electron chi connectivity index (χ4n) is 2.05. The van der Waals surface area contributed by atoms with Crippen molar-refractivity contribution in [3.05, 3.63) is 0 Å². The van der Waals surface area contributed by atoms with Crippen molar-refractivity contribution < 1.29 is 4.74 Å². The molecular formula is C13H27NO. The predicted octanol–water partition coefficient (Wildman–Crippen LogP) is 3.10. The predicted molar refractivity (Wildman–Crippen MR) is 64.9 cm³/mol. The molecule has 1 saturated carbocycles. The molecule has 2 N–H and O–H groups in total. The van der Waals surface area contributed by atoms with Gasteiger partial charge in [0.05, 0.1) is 6.61 Å². The largest absolute Gasteiger partial charge is 0.381 e. The molecule has 1 aliphatic carbocycles. The Morgan fingerprint density at radius 3 is 2.47 bits per heavy atom. The summed E-state index contributed by atoms with van der Waals surface area (Å²) < 4.78 is 5.74. The van der Waals surface area contributed by atoms with Crippen molar-refractivity contribution in [3.63, 3.8) is 0 Å². The molecule has 0 radical (unpaired) electrons. The van der Waals surface area contributed by atoms with E-state index in [2.05, 4.69) is 6.92 Å². The number of ether oxygens (including phenoxy) is 1. The first kappa shape index (κ1) is 13.0. The van der Waals surface area contributed by atoms with Crippen LogP contribution in [0, 0.1) is 5.41 Å². The molecule has 15 heavy (non-hydrogen) atoms. The summed E-state index contributed by atoms with van der Waals surface area (Å²) in [5.41, 5.74) is 6.08. The highest BCUT2D eigenvalue weighted by molar-refractivity contribution is 4.92. The summed E-state index contributed by atoms with van der Waals surface area (Å²) in [7, 11) is 0. The first-order valence-electron chi connectivity index (χ1n) is 6.61. The van der Waals surface area contributed by atoms with E-state index in [4.69, 9.17) is 10.5 Å². The van der Waals surface area contributed by atoms with E-state index in [0.29, 0.717) is 5.41 Å². The molecule has 0 unspecified atom stereocenters. The van der Waals surface area contributed by atoms with E-state index in [1.54, 1.807) is 0 Å². The normalized spacial score (nSPS) is 18.0. The van der Waals surface area contributed by atoms with Gasteiger partial charge < -0.3 is 10.5 Å². The minimum absolute atomic E-state index is 0.498. The van der Waals surface area contributed by atoms with Gasteiger partial charge in [-0.3, -0.25) is 0 Å². The van der Waals surface area contributed by atoms with Gasteiger partial charge in [0.2, 0.25) is 0 Å². The molecule has 0 amide bonds. The van der Waals surface area contributed by atoms with Gasteiger partial charge in [0.1, 0.15) is 0 Å². The molecule has 2 nitrogen and oxygen atoms in total. The van der Waals surface area contributed by atoms with E-state index in [-0.39, 0.29) is 0 Å². The van der Waals surface area contributed by atoms with Gasteiger partial charge >= 0.3 is 0 Å². The van der Waals surface area contributed by atoms with Gasteiger partial charge in [-0.2, -0.15) is 0 Å². The van der Waals surface area contributed by atoms with Crippen LogP contribution >= 0.6 is 0 Å². The molecule has 0 spiro atoms. The van der Waals surface area contributed by atoms with Crippen LogP contribution < -0.4 is 5.73 Å². The molecule has 0 bridgehead atoms. The van der Waals surface area contributed by atoms with Crippen LogP contribution in [-0.4, -0.2) is 19.8 Å². The number of hydrogen-bond acceptors (Lipinski definition) is 2. The molecule has 1 rings (SSSR count). The Labute approximate surface area is 94.6 Å². The van der Waals surface area contributed by atoms with Gasteiger partial charge in [-0.25, -0.2) is 0 Å². The lowest BCUT2D eigenvalue weighted by molar-refractivity contribution is 0.0846. The Hall–Kier alpha value is -0.0800. The van der Waals surface area contributed by atoms with Crippen molar-refractivity contribution in [1.29, 1.82) is 0 Å². The minimum Gasteiger partial charge on any atom is -0.381 e. The molecule has 0 aromatic carbocycles. The fraction of sp³-hybridized carbons (Fsp3) is 1.00. The zero-order valence-electron chi connectivity index (χ0n) is 10.3. The molecular weight excluding hydrogens is 186 g/mol. The molecule has 0 saturated heterocycles. The van der Waals surface area contributed by atoms with Gasteiger partial charge in [-0.15, -0.1) is 0 Å². The van der Waals surface area contributed by atoms with Crippen LogP contribution in [0.3, 0.4) is 0 Å². The van der Waals surface area contributed by atoms with Gasteiger partial charge in [0.15, 0.2) is 0 Å². The van der Waals surface area contributed by atoms with Gasteiger partial charge in [-0.1, -0.05) is 32.6 Å². The second-order valence-corrected chi connectivity index (χ2v) is 5.01. The fourth-order valence-corrected chi connectivity index (χ4v) is 2.05. The third kappa shape index (κ3) is 5.53. The first-order valence-corrected chi connectivity index (χ1v) is 6.61. The maximum absolute atomic E-state index is 5.74. The lowest BCUT2D eigenvalue weighted by atomic mass is 10.0. The summed E-state index contributed by atoms with van der Waals surface area (Å²) in [6, 6.07) is 0. The second-order valence-electron chi connectivity index (χ2n) is 5.01. The van der Waals surface area contributed by atoms with Gasteiger partial charge in [0, 0.05) is 6.61 Å². The van der Waals surface area contributed by atoms with Crippen LogP contribution in [0.2, 0.25) is 0 Å². The van der Waals surface area contributed by atoms with E-state index in [0.717, 1.165) is 26.2 Å². The lowest BCUT2D eigenvalue weighted by Crippen LogP contribution is -2.16. The molecule has 90 valence electrons. The van der Waals surface area contributed by atoms with Crippen LogP contribution in [0.15, 0.2) is 0 Å². The summed E-state index contributed by atoms with van der Waals surface area (Å²) in [6.07, 6.45) is 10.4. The number of nitrogens with two attached hydrogens (primary N) is 1. The Morgan fingerprint density at radius 1 is 1.13 bits per heavy atom. The number of unbranched alkanes of at least 4 members (excludes halogenated alkanes) is 4. The molecule has 0 atom stereocenters. The molecule has 2 heteroatoms. The van der Waals surface area contributed by atoms with Crippen molar-refractivity contribution in [1.82, 2.24) is 0 Å². The van der Waals surface area contributed by atoms with Crippen LogP contribution in [-0.2, 0) is 4.74 Å². The van der Waals surface area contributed by atoms with Crippen LogP contribution in [0.1, 0.15) is 58.3 Å². The Morgan fingerprint density at radius 2 is 1.87 bits per heavy atom. The zero-order chi connectivity index (χ0) is 11.0. The second kappa shape index (κ2) is 7.24. The summed E-state index contributed by atoms with van der Waals surface area (Å²) in [5.74, 6) is 0. The third-order valence-corrected chi connectivity index (χ3v) is 3.43. The molecule has 0 heterocycles. The Bertz CT molecular complexity index is 155. The maximum atomic E-state index is 5.74. The molecule has 0 aromatic heterocycles. The minimum atomic E-state index is 0.498. The lowest BCUT2D eigenvalue weighted by Gasteiger charge is -2.13. The zero-order valence-corrected chi connectivity index (χ0v) is 10.3. The van der Waals surface area contributed by atoms with Crippen LogP contribution in [0.4, 0.5) is 0 Å². The van der Waals surface area contributed by atoms with E-state index in [1.165, 1.54) is 44.9 Å². The monoisotopic (exact) mass is 213 g/mol. The quantitative estimate of drug-likeness (QED) is 0.566. The molecule has 0 aliphatic heterocycles. The van der Waals surface area contributed by atoms with E-state index < -0.39 is 0 Å². The maximum Gasteiger partial charge on any atom is 0.0522 e. The van der Waals surface area contributed by atoms with Crippen molar-refractivity contribution in [2.45, 2.75) is 58.3 Å². The van der Waals surface area contributed by atoms with Crippen molar-refractivity contribution in [3.8, 4) is 0 Å². The number of rotatable bonds is 10. The van der Waals surface area contributed by atoms with Crippen molar-refractivity contribution in [2.24, 2.45) is 11.1 Å². The van der Waals surface area contributed by atoms with Crippen LogP contribution in [0.25, 0.3) is 0 Å². The average molecular weight is 213 g/mol. The average Bonchev–Trinajstić information content (AvgIpc) is 2.98. The highest BCUT2D eigenvalue weighted by Gasteiger charge is 2.41. The van der Waals surface area contributed by atoms with Crippen LogP contribution in [0.5, 0.6) is 0 Å². The molecule has 1 aliphatic rings.